The number of primary amides is 1. The normalized spacial score (nSPS) is 14.5. The molecule has 0 aliphatic heterocycles. The number of rotatable bonds is 6. The van der Waals surface area contributed by atoms with Crippen LogP contribution >= 0.6 is 0 Å². The molecule has 0 radical (unpaired) electrons. The number of carbonyl (C=O) groups is 1. The molecule has 4 nitrogen and oxygen atoms in total. The summed E-state index contributed by atoms with van der Waals surface area (Å²) >= 11 is 0. The van der Waals surface area contributed by atoms with Gasteiger partial charge in [-0.05, 0) is 43.4 Å². The highest BCUT2D eigenvalue weighted by molar-refractivity contribution is 5.95. The Morgan fingerprint density at radius 2 is 2.17 bits per heavy atom. The summed E-state index contributed by atoms with van der Waals surface area (Å²) in [6.45, 7) is 4.14. The molecule has 1 aliphatic carbocycles. The van der Waals surface area contributed by atoms with E-state index in [0.717, 1.165) is 31.1 Å². The predicted molar refractivity (Wildman–Crippen MR) is 74.6 cm³/mol. The predicted octanol–water partition coefficient (Wildman–Crippen LogP) is 1.99. The first-order valence-electron chi connectivity index (χ1n) is 6.56. The summed E-state index contributed by atoms with van der Waals surface area (Å²) in [7, 11) is 0. The number of hydrogen-bond donors (Lipinski definition) is 2. The molecule has 1 aromatic carbocycles. The van der Waals surface area contributed by atoms with Gasteiger partial charge < -0.3 is 16.4 Å². The van der Waals surface area contributed by atoms with Gasteiger partial charge in [-0.25, -0.2) is 0 Å². The molecule has 4 heteroatoms. The largest absolute Gasteiger partial charge is 0.397 e. The molecule has 1 aliphatic rings. The topological polar surface area (TPSA) is 72.3 Å². The van der Waals surface area contributed by atoms with E-state index >= 15 is 0 Å². The summed E-state index contributed by atoms with van der Waals surface area (Å²) in [5.74, 6) is 0.382. The summed E-state index contributed by atoms with van der Waals surface area (Å²) in [4.78, 5) is 13.5. The lowest BCUT2D eigenvalue weighted by molar-refractivity contribution is 0.100. The van der Waals surface area contributed by atoms with E-state index in [0.29, 0.717) is 11.3 Å². The Balaban J connectivity index is 2.25. The zero-order valence-corrected chi connectivity index (χ0v) is 10.9. The van der Waals surface area contributed by atoms with E-state index in [4.69, 9.17) is 11.5 Å². The third kappa shape index (κ3) is 2.94. The van der Waals surface area contributed by atoms with E-state index in [1.54, 1.807) is 12.1 Å². The summed E-state index contributed by atoms with van der Waals surface area (Å²) in [6, 6.07) is 5.27. The Labute approximate surface area is 108 Å². The van der Waals surface area contributed by atoms with Gasteiger partial charge in [-0.2, -0.15) is 0 Å². The molecular weight excluding hydrogens is 226 g/mol. The smallest absolute Gasteiger partial charge is 0.248 e. The summed E-state index contributed by atoms with van der Waals surface area (Å²) in [5.41, 5.74) is 13.5. The Kier molecular flexibility index (Phi) is 3.75. The van der Waals surface area contributed by atoms with Crippen LogP contribution in [-0.4, -0.2) is 19.0 Å². The van der Waals surface area contributed by atoms with E-state index in [2.05, 4.69) is 11.8 Å². The van der Waals surface area contributed by atoms with Crippen molar-refractivity contribution < 1.29 is 4.79 Å². The highest BCUT2D eigenvalue weighted by Gasteiger charge is 2.25. The lowest BCUT2D eigenvalue weighted by atomic mass is 10.1. The zero-order valence-electron chi connectivity index (χ0n) is 10.9. The van der Waals surface area contributed by atoms with Crippen molar-refractivity contribution in [2.45, 2.75) is 26.2 Å². The van der Waals surface area contributed by atoms with Crippen molar-refractivity contribution in [2.75, 3.05) is 23.7 Å². The van der Waals surface area contributed by atoms with E-state index < -0.39 is 5.91 Å². The van der Waals surface area contributed by atoms with Gasteiger partial charge in [-0.1, -0.05) is 6.92 Å². The fourth-order valence-electron chi connectivity index (χ4n) is 2.16. The van der Waals surface area contributed by atoms with Crippen molar-refractivity contribution in [1.29, 1.82) is 0 Å². The standard InChI is InChI=1S/C14H21N3O/c1-2-7-17(9-10-3-4-10)13-8-11(14(16)18)5-6-12(13)15/h5-6,8,10H,2-4,7,9,15H2,1H3,(H2,16,18). The fourth-order valence-corrected chi connectivity index (χ4v) is 2.16. The third-order valence-electron chi connectivity index (χ3n) is 3.32. The van der Waals surface area contributed by atoms with Crippen LogP contribution < -0.4 is 16.4 Å². The Hall–Kier alpha value is -1.71. The molecular formula is C14H21N3O. The minimum absolute atomic E-state index is 0.404. The van der Waals surface area contributed by atoms with E-state index in [-0.39, 0.29) is 0 Å². The molecule has 98 valence electrons. The monoisotopic (exact) mass is 247 g/mol. The highest BCUT2D eigenvalue weighted by Crippen LogP contribution is 2.33. The quantitative estimate of drug-likeness (QED) is 0.755. The van der Waals surface area contributed by atoms with Gasteiger partial charge in [0.05, 0.1) is 11.4 Å². The van der Waals surface area contributed by atoms with Crippen LogP contribution in [0.25, 0.3) is 0 Å². The third-order valence-corrected chi connectivity index (χ3v) is 3.32. The average molecular weight is 247 g/mol. The molecule has 0 unspecified atom stereocenters. The highest BCUT2D eigenvalue weighted by atomic mass is 16.1. The SMILES string of the molecule is CCCN(CC1CC1)c1cc(C(N)=O)ccc1N. The molecule has 0 aromatic heterocycles. The van der Waals surface area contributed by atoms with Crippen molar-refractivity contribution >= 4 is 17.3 Å². The van der Waals surface area contributed by atoms with Crippen molar-refractivity contribution in [3.8, 4) is 0 Å². The maximum absolute atomic E-state index is 11.2. The zero-order chi connectivity index (χ0) is 13.1. The maximum atomic E-state index is 11.2. The van der Waals surface area contributed by atoms with Crippen LogP contribution in [0.3, 0.4) is 0 Å². The summed E-state index contributed by atoms with van der Waals surface area (Å²) < 4.78 is 0. The second kappa shape index (κ2) is 5.29. The molecule has 1 amide bonds. The molecule has 0 atom stereocenters. The molecule has 4 N–H and O–H groups in total. The van der Waals surface area contributed by atoms with E-state index in [1.165, 1.54) is 12.8 Å². The Bertz CT molecular complexity index is 441. The molecule has 2 rings (SSSR count). The minimum atomic E-state index is -0.404. The molecule has 1 saturated carbocycles. The minimum Gasteiger partial charge on any atom is -0.397 e. The molecule has 1 aromatic rings. The van der Waals surface area contributed by atoms with Gasteiger partial charge in [0.25, 0.3) is 0 Å². The number of carbonyl (C=O) groups excluding carboxylic acids is 1. The van der Waals surface area contributed by atoms with Gasteiger partial charge in [0.15, 0.2) is 0 Å². The summed E-state index contributed by atoms with van der Waals surface area (Å²) in [6.07, 6.45) is 3.66. The Morgan fingerprint density at radius 3 is 2.72 bits per heavy atom. The number of nitrogens with two attached hydrogens (primary N) is 2. The van der Waals surface area contributed by atoms with Crippen LogP contribution in [0.4, 0.5) is 11.4 Å². The first-order chi connectivity index (χ1) is 8.61. The van der Waals surface area contributed by atoms with E-state index in [1.807, 2.05) is 6.07 Å². The average Bonchev–Trinajstić information content (AvgIpc) is 3.13. The number of amides is 1. The van der Waals surface area contributed by atoms with Crippen molar-refractivity contribution in [1.82, 2.24) is 0 Å². The van der Waals surface area contributed by atoms with E-state index in [9.17, 15) is 4.79 Å². The van der Waals surface area contributed by atoms with Crippen LogP contribution in [0, 0.1) is 5.92 Å². The number of nitrogen functional groups attached to an aromatic ring is 1. The molecule has 0 saturated heterocycles. The second-order valence-electron chi connectivity index (χ2n) is 5.03. The van der Waals surface area contributed by atoms with Crippen LogP contribution in [0.2, 0.25) is 0 Å². The number of nitrogens with zero attached hydrogens (tertiary/aromatic N) is 1. The first-order valence-corrected chi connectivity index (χ1v) is 6.56. The summed E-state index contributed by atoms with van der Waals surface area (Å²) in [5, 5.41) is 0. The van der Waals surface area contributed by atoms with Crippen molar-refractivity contribution in [2.24, 2.45) is 11.7 Å². The molecule has 0 heterocycles. The van der Waals surface area contributed by atoms with Crippen LogP contribution in [0.5, 0.6) is 0 Å². The Morgan fingerprint density at radius 1 is 1.44 bits per heavy atom. The van der Waals surface area contributed by atoms with Gasteiger partial charge in [-0.3, -0.25) is 4.79 Å². The number of anilines is 2. The van der Waals surface area contributed by atoms with Crippen molar-refractivity contribution in [3.05, 3.63) is 23.8 Å². The van der Waals surface area contributed by atoms with Gasteiger partial charge in [0.1, 0.15) is 0 Å². The van der Waals surface area contributed by atoms with Crippen molar-refractivity contribution in [3.63, 3.8) is 0 Å². The molecule has 0 bridgehead atoms. The van der Waals surface area contributed by atoms with Crippen LogP contribution in [-0.2, 0) is 0 Å². The maximum Gasteiger partial charge on any atom is 0.248 e. The van der Waals surface area contributed by atoms with Gasteiger partial charge in [0, 0.05) is 18.7 Å². The number of benzene rings is 1. The molecule has 1 fully saturated rings. The number of hydrogen-bond acceptors (Lipinski definition) is 3. The van der Waals surface area contributed by atoms with Gasteiger partial charge in [-0.15, -0.1) is 0 Å². The second-order valence-corrected chi connectivity index (χ2v) is 5.03. The van der Waals surface area contributed by atoms with Crippen LogP contribution in [0.1, 0.15) is 36.5 Å². The van der Waals surface area contributed by atoms with Gasteiger partial charge in [0.2, 0.25) is 5.91 Å². The van der Waals surface area contributed by atoms with Gasteiger partial charge >= 0.3 is 0 Å². The molecule has 0 spiro atoms. The lowest BCUT2D eigenvalue weighted by Gasteiger charge is -2.26. The lowest BCUT2D eigenvalue weighted by Crippen LogP contribution is -2.27. The fraction of sp³-hybridized carbons (Fsp3) is 0.500. The van der Waals surface area contributed by atoms with Crippen LogP contribution in [0.15, 0.2) is 18.2 Å². The molecule has 18 heavy (non-hydrogen) atoms. The first kappa shape index (κ1) is 12.7.